The number of carboxylic acid groups (broad SMARTS) is 1. The van der Waals surface area contributed by atoms with E-state index in [-0.39, 0.29) is 24.9 Å². The van der Waals surface area contributed by atoms with Crippen LogP contribution in [0.1, 0.15) is 52.5 Å². The normalized spacial score (nSPS) is 11.3. The van der Waals surface area contributed by atoms with Crippen LogP contribution in [-0.2, 0) is 16.0 Å². The minimum atomic E-state index is -0.902. The Balaban J connectivity index is 2.76. The van der Waals surface area contributed by atoms with E-state index in [2.05, 4.69) is 5.32 Å². The van der Waals surface area contributed by atoms with Crippen molar-refractivity contribution in [2.24, 2.45) is 0 Å². The summed E-state index contributed by atoms with van der Waals surface area (Å²) in [5, 5.41) is 12.0. The van der Waals surface area contributed by atoms with Crippen molar-refractivity contribution in [3.63, 3.8) is 0 Å². The van der Waals surface area contributed by atoms with Crippen LogP contribution in [-0.4, -0.2) is 28.6 Å². The highest BCUT2D eigenvalue weighted by Gasteiger charge is 2.30. The molecule has 0 aliphatic heterocycles. The molecule has 23 heavy (non-hydrogen) atoms. The number of carbonyl (C=O) groups excluding carboxylic acids is 1. The quantitative estimate of drug-likeness (QED) is 0.732. The van der Waals surface area contributed by atoms with Crippen molar-refractivity contribution in [3.8, 4) is 5.75 Å². The van der Waals surface area contributed by atoms with Gasteiger partial charge in [-0.05, 0) is 44.4 Å². The Kier molecular flexibility index (Phi) is 7.07. The van der Waals surface area contributed by atoms with Gasteiger partial charge >= 0.3 is 5.97 Å². The van der Waals surface area contributed by atoms with Crippen molar-refractivity contribution in [1.29, 1.82) is 0 Å². The lowest BCUT2D eigenvalue weighted by Gasteiger charge is -2.31. The molecule has 1 rings (SSSR count). The number of hydrogen-bond acceptors (Lipinski definition) is 3. The second-order valence-electron chi connectivity index (χ2n) is 6.10. The van der Waals surface area contributed by atoms with E-state index in [1.165, 1.54) is 0 Å². The molecule has 0 bridgehead atoms. The van der Waals surface area contributed by atoms with E-state index < -0.39 is 11.5 Å². The molecular weight excluding hydrogens is 294 g/mol. The molecule has 0 aromatic heterocycles. The number of rotatable bonds is 9. The fourth-order valence-corrected chi connectivity index (χ4v) is 2.54. The summed E-state index contributed by atoms with van der Waals surface area (Å²) < 4.78 is 5.62. The molecule has 0 aliphatic carbocycles. The number of ether oxygens (including phenoxy) is 1. The van der Waals surface area contributed by atoms with Gasteiger partial charge in [-0.3, -0.25) is 9.59 Å². The van der Waals surface area contributed by atoms with E-state index >= 15 is 0 Å². The first-order valence-electron chi connectivity index (χ1n) is 8.08. The molecule has 0 atom stereocenters. The van der Waals surface area contributed by atoms with Gasteiger partial charge < -0.3 is 15.2 Å². The van der Waals surface area contributed by atoms with E-state index in [4.69, 9.17) is 9.84 Å². The average Bonchev–Trinajstić information content (AvgIpc) is 2.45. The number of carboxylic acids is 1. The van der Waals surface area contributed by atoms with Gasteiger partial charge in [-0.15, -0.1) is 0 Å². The summed E-state index contributed by atoms with van der Waals surface area (Å²) in [6, 6.07) is 7.42. The Bertz CT molecular complexity index is 536. The van der Waals surface area contributed by atoms with Crippen LogP contribution in [0.4, 0.5) is 0 Å². The summed E-state index contributed by atoms with van der Waals surface area (Å²) in [5.74, 6) is -0.342. The molecule has 128 valence electrons. The summed E-state index contributed by atoms with van der Waals surface area (Å²) in [7, 11) is 0. The van der Waals surface area contributed by atoms with E-state index in [1.54, 1.807) is 0 Å². The van der Waals surface area contributed by atoms with E-state index in [9.17, 15) is 9.59 Å². The van der Waals surface area contributed by atoms with Crippen LogP contribution in [0.25, 0.3) is 0 Å². The molecular formula is C18H27NO4. The number of hydrogen-bond donors (Lipinski definition) is 2. The lowest BCUT2D eigenvalue weighted by Crippen LogP contribution is -2.49. The highest BCUT2D eigenvalue weighted by atomic mass is 16.5. The van der Waals surface area contributed by atoms with E-state index in [0.29, 0.717) is 12.8 Å². The monoisotopic (exact) mass is 321 g/mol. The summed E-state index contributed by atoms with van der Waals surface area (Å²) in [4.78, 5) is 23.4. The third-order valence-corrected chi connectivity index (χ3v) is 3.88. The topological polar surface area (TPSA) is 75.6 Å². The Morgan fingerprint density at radius 3 is 2.43 bits per heavy atom. The second-order valence-corrected chi connectivity index (χ2v) is 6.10. The van der Waals surface area contributed by atoms with E-state index in [1.807, 2.05) is 52.0 Å². The van der Waals surface area contributed by atoms with E-state index in [0.717, 1.165) is 11.3 Å². The average molecular weight is 321 g/mol. The first kappa shape index (κ1) is 19.0. The van der Waals surface area contributed by atoms with Crippen LogP contribution in [0.5, 0.6) is 5.75 Å². The lowest BCUT2D eigenvalue weighted by atomic mass is 9.88. The summed E-state index contributed by atoms with van der Waals surface area (Å²) >= 11 is 0. The van der Waals surface area contributed by atoms with Crippen molar-refractivity contribution < 1.29 is 19.4 Å². The molecule has 0 radical (unpaired) electrons. The van der Waals surface area contributed by atoms with Crippen molar-refractivity contribution >= 4 is 11.9 Å². The van der Waals surface area contributed by atoms with Crippen LogP contribution in [0.15, 0.2) is 24.3 Å². The number of benzene rings is 1. The van der Waals surface area contributed by atoms with Gasteiger partial charge in [0, 0.05) is 5.54 Å². The predicted octanol–water partition coefficient (Wildman–Crippen LogP) is 3.17. The molecule has 0 unspecified atom stereocenters. The largest absolute Gasteiger partial charge is 0.491 e. The zero-order valence-electron chi connectivity index (χ0n) is 14.4. The number of carbonyl (C=O) groups is 2. The molecule has 0 heterocycles. The zero-order chi connectivity index (χ0) is 17.5. The molecule has 0 aliphatic rings. The Morgan fingerprint density at radius 2 is 1.91 bits per heavy atom. The number of amides is 1. The van der Waals surface area contributed by atoms with Crippen LogP contribution in [0.2, 0.25) is 0 Å². The van der Waals surface area contributed by atoms with Gasteiger partial charge in [0.1, 0.15) is 5.75 Å². The molecule has 0 saturated carbocycles. The van der Waals surface area contributed by atoms with Crippen LogP contribution in [0.3, 0.4) is 0 Å². The molecule has 0 spiro atoms. The summed E-state index contributed by atoms with van der Waals surface area (Å²) in [6.07, 6.45) is 1.37. The van der Waals surface area contributed by atoms with Gasteiger partial charge in [0.2, 0.25) is 5.91 Å². The highest BCUT2D eigenvalue weighted by molar-refractivity contribution is 5.80. The first-order valence-corrected chi connectivity index (χ1v) is 8.08. The Hall–Kier alpha value is -2.04. The molecule has 1 amide bonds. The molecule has 5 heteroatoms. The summed E-state index contributed by atoms with van der Waals surface area (Å²) in [6.45, 7) is 7.68. The van der Waals surface area contributed by atoms with Crippen LogP contribution in [0, 0.1) is 0 Å². The second kappa shape index (κ2) is 8.56. The third kappa shape index (κ3) is 6.30. The Labute approximate surface area is 138 Å². The number of aliphatic carboxylic acids is 1. The molecule has 0 saturated heterocycles. The molecule has 1 aromatic rings. The first-order chi connectivity index (χ1) is 10.8. The van der Waals surface area contributed by atoms with Crippen LogP contribution >= 0.6 is 0 Å². The molecule has 2 N–H and O–H groups in total. The number of nitrogens with one attached hydrogen (secondary N) is 1. The third-order valence-electron chi connectivity index (χ3n) is 3.88. The zero-order valence-corrected chi connectivity index (χ0v) is 14.4. The summed E-state index contributed by atoms with van der Waals surface area (Å²) in [5.41, 5.74) is 0.159. The minimum absolute atomic E-state index is 0.0672. The van der Waals surface area contributed by atoms with Crippen molar-refractivity contribution in [3.05, 3.63) is 29.8 Å². The fraction of sp³-hybridized carbons (Fsp3) is 0.556. The van der Waals surface area contributed by atoms with Crippen molar-refractivity contribution in [1.82, 2.24) is 5.32 Å². The maximum absolute atomic E-state index is 12.3. The minimum Gasteiger partial charge on any atom is -0.491 e. The van der Waals surface area contributed by atoms with Crippen molar-refractivity contribution in [2.75, 3.05) is 0 Å². The standard InChI is InChI=1S/C18H27NO4/c1-5-18(6-2,12-17(21)22)19-16(20)11-14-8-7-9-15(10-14)23-13(3)4/h7-10,13H,5-6,11-12H2,1-4H3,(H,19,20)(H,21,22). The fourth-order valence-electron chi connectivity index (χ4n) is 2.54. The van der Waals surface area contributed by atoms with Crippen LogP contribution < -0.4 is 10.1 Å². The maximum Gasteiger partial charge on any atom is 0.305 e. The van der Waals surface area contributed by atoms with Gasteiger partial charge in [-0.1, -0.05) is 26.0 Å². The van der Waals surface area contributed by atoms with Crippen molar-refractivity contribution in [2.45, 2.75) is 65.0 Å². The maximum atomic E-state index is 12.3. The van der Waals surface area contributed by atoms with Gasteiger partial charge in [0.05, 0.1) is 18.9 Å². The molecule has 1 aromatic carbocycles. The Morgan fingerprint density at radius 1 is 1.26 bits per heavy atom. The lowest BCUT2D eigenvalue weighted by molar-refractivity contribution is -0.139. The van der Waals surface area contributed by atoms with Gasteiger partial charge in [-0.2, -0.15) is 0 Å². The van der Waals surface area contributed by atoms with Gasteiger partial charge in [0.25, 0.3) is 0 Å². The van der Waals surface area contributed by atoms with Gasteiger partial charge in [0.15, 0.2) is 0 Å². The smallest absolute Gasteiger partial charge is 0.305 e. The highest BCUT2D eigenvalue weighted by Crippen LogP contribution is 2.21. The molecule has 0 fully saturated rings. The molecule has 5 nitrogen and oxygen atoms in total. The predicted molar refractivity (Wildman–Crippen MR) is 89.6 cm³/mol. The van der Waals surface area contributed by atoms with Gasteiger partial charge in [-0.25, -0.2) is 0 Å². The SMILES string of the molecule is CCC(CC)(CC(=O)O)NC(=O)Cc1cccc(OC(C)C)c1.